The van der Waals surface area contributed by atoms with Crippen LogP contribution in [0.1, 0.15) is 77.2 Å². The normalized spacial score (nSPS) is 14.9. The molecule has 7 nitrogen and oxygen atoms in total. The fraction of sp³-hybridized carbons (Fsp3) is 0.433. The van der Waals surface area contributed by atoms with Crippen LogP contribution in [-0.2, 0) is 13.0 Å². The zero-order chi connectivity index (χ0) is 26.4. The summed E-state index contributed by atoms with van der Waals surface area (Å²) in [6, 6.07) is 17.5. The predicted octanol–water partition coefficient (Wildman–Crippen LogP) is 4.75. The van der Waals surface area contributed by atoms with Gasteiger partial charge in [0.05, 0.1) is 11.3 Å². The minimum absolute atomic E-state index is 0.0524. The molecule has 1 aliphatic heterocycles. The van der Waals surface area contributed by atoms with Gasteiger partial charge >= 0.3 is 0 Å². The lowest BCUT2D eigenvalue weighted by atomic mass is 9.93. The molecule has 0 saturated carbocycles. The molecule has 0 bridgehead atoms. The molecule has 0 spiro atoms. The molecular weight excluding hydrogens is 462 g/mol. The summed E-state index contributed by atoms with van der Waals surface area (Å²) in [4.78, 5) is 31.1. The standard InChI is InChI=1S/C30H39N5O2/c1-4-6-16-33(17-7-5-2)30(37)27-18-22(3)35(32-27)28-15-11-10-14-26(28)29(36)34-21-24-13-9-8-12-23(24)19-25(34)20-31/h8-15,18,25H,4-7,16-17,19-21,31H2,1-3H3/t25-/m0/s1. The molecule has 0 unspecified atom stereocenters. The molecule has 1 atom stereocenters. The maximum absolute atomic E-state index is 13.9. The quantitative estimate of drug-likeness (QED) is 0.435. The van der Waals surface area contributed by atoms with E-state index < -0.39 is 0 Å². The van der Waals surface area contributed by atoms with Crippen LogP contribution >= 0.6 is 0 Å². The molecule has 2 N–H and O–H groups in total. The van der Waals surface area contributed by atoms with E-state index in [1.165, 1.54) is 5.56 Å². The first-order chi connectivity index (χ1) is 18.0. The summed E-state index contributed by atoms with van der Waals surface area (Å²) in [5.41, 5.74) is 11.0. The van der Waals surface area contributed by atoms with Crippen LogP contribution in [0.4, 0.5) is 0 Å². The third-order valence-corrected chi connectivity index (χ3v) is 7.21. The number of benzene rings is 2. The van der Waals surface area contributed by atoms with Gasteiger partial charge in [-0.3, -0.25) is 9.59 Å². The van der Waals surface area contributed by atoms with E-state index in [9.17, 15) is 9.59 Å². The molecular formula is C30H39N5O2. The zero-order valence-electron chi connectivity index (χ0n) is 22.3. The molecule has 0 saturated heterocycles. The number of hydrogen-bond donors (Lipinski definition) is 1. The van der Waals surface area contributed by atoms with Crippen LogP contribution in [0.3, 0.4) is 0 Å². The van der Waals surface area contributed by atoms with Crippen molar-refractivity contribution in [2.24, 2.45) is 5.73 Å². The van der Waals surface area contributed by atoms with Gasteiger partial charge in [0.1, 0.15) is 0 Å². The first-order valence-corrected chi connectivity index (χ1v) is 13.5. The van der Waals surface area contributed by atoms with Crippen LogP contribution in [0.5, 0.6) is 0 Å². The minimum Gasteiger partial charge on any atom is -0.337 e. The van der Waals surface area contributed by atoms with Crippen LogP contribution < -0.4 is 5.73 Å². The van der Waals surface area contributed by atoms with Gasteiger partial charge in [0.15, 0.2) is 5.69 Å². The van der Waals surface area contributed by atoms with Crippen LogP contribution in [0.2, 0.25) is 0 Å². The highest BCUT2D eigenvalue weighted by atomic mass is 16.2. The summed E-state index contributed by atoms with van der Waals surface area (Å²) < 4.78 is 1.73. The second kappa shape index (κ2) is 12.2. The molecule has 37 heavy (non-hydrogen) atoms. The maximum atomic E-state index is 13.9. The smallest absolute Gasteiger partial charge is 0.274 e. The highest BCUT2D eigenvalue weighted by Gasteiger charge is 2.31. The molecule has 1 aromatic heterocycles. The van der Waals surface area contributed by atoms with Gasteiger partial charge in [-0.2, -0.15) is 5.10 Å². The molecule has 7 heteroatoms. The monoisotopic (exact) mass is 501 g/mol. The molecule has 2 amide bonds. The lowest BCUT2D eigenvalue weighted by Crippen LogP contribution is -2.48. The maximum Gasteiger partial charge on any atom is 0.274 e. The first-order valence-electron chi connectivity index (χ1n) is 13.5. The summed E-state index contributed by atoms with van der Waals surface area (Å²) in [7, 11) is 0. The molecule has 2 aromatic carbocycles. The number of para-hydroxylation sites is 1. The fourth-order valence-corrected chi connectivity index (χ4v) is 5.03. The Morgan fingerprint density at radius 1 is 1.00 bits per heavy atom. The summed E-state index contributed by atoms with van der Waals surface area (Å²) >= 11 is 0. The Morgan fingerprint density at radius 3 is 2.32 bits per heavy atom. The number of amides is 2. The number of carbonyl (C=O) groups excluding carboxylic acids is 2. The number of rotatable bonds is 10. The van der Waals surface area contributed by atoms with Crippen LogP contribution in [-0.4, -0.2) is 57.1 Å². The Hall–Kier alpha value is -3.45. The third-order valence-electron chi connectivity index (χ3n) is 7.21. The van der Waals surface area contributed by atoms with Gasteiger partial charge < -0.3 is 15.5 Å². The van der Waals surface area contributed by atoms with Crippen LogP contribution in [0, 0.1) is 6.92 Å². The van der Waals surface area contributed by atoms with Crippen LogP contribution in [0.25, 0.3) is 5.69 Å². The van der Waals surface area contributed by atoms with Crippen molar-refractivity contribution < 1.29 is 9.59 Å². The molecule has 2 heterocycles. The van der Waals surface area contributed by atoms with Crippen molar-refractivity contribution in [2.45, 2.75) is 65.5 Å². The van der Waals surface area contributed by atoms with Gasteiger partial charge in [0, 0.05) is 37.9 Å². The van der Waals surface area contributed by atoms with Crippen molar-refractivity contribution in [2.75, 3.05) is 19.6 Å². The van der Waals surface area contributed by atoms with Crippen molar-refractivity contribution in [1.82, 2.24) is 19.6 Å². The summed E-state index contributed by atoms with van der Waals surface area (Å²) in [5.74, 6) is -0.126. The third kappa shape index (κ3) is 5.77. The van der Waals surface area contributed by atoms with Gasteiger partial charge in [-0.05, 0) is 55.5 Å². The Balaban J connectivity index is 1.64. The number of fused-ring (bicyclic) bond motifs is 1. The number of hydrogen-bond acceptors (Lipinski definition) is 4. The van der Waals surface area contributed by atoms with Gasteiger partial charge in [-0.25, -0.2) is 4.68 Å². The molecule has 1 aliphatic rings. The van der Waals surface area contributed by atoms with E-state index in [0.29, 0.717) is 30.0 Å². The Bertz CT molecular complexity index is 1230. The number of unbranched alkanes of at least 4 members (excludes halogenated alkanes) is 2. The van der Waals surface area contributed by atoms with E-state index >= 15 is 0 Å². The highest BCUT2D eigenvalue weighted by Crippen LogP contribution is 2.27. The number of aromatic nitrogens is 2. The molecule has 0 aliphatic carbocycles. The lowest BCUT2D eigenvalue weighted by Gasteiger charge is -2.36. The number of carbonyl (C=O) groups is 2. The average molecular weight is 502 g/mol. The van der Waals surface area contributed by atoms with Crippen molar-refractivity contribution in [3.05, 3.63) is 82.7 Å². The molecule has 196 valence electrons. The summed E-state index contributed by atoms with van der Waals surface area (Å²) in [6.45, 7) is 8.56. The van der Waals surface area contributed by atoms with Crippen molar-refractivity contribution in [1.29, 1.82) is 0 Å². The minimum atomic E-state index is -0.0733. The SMILES string of the molecule is CCCCN(CCCC)C(=O)c1cc(C)n(-c2ccccc2C(=O)N2Cc3ccccc3C[C@H]2CN)n1. The first kappa shape index (κ1) is 26.6. The number of nitrogens with zero attached hydrogens (tertiary/aromatic N) is 4. The predicted molar refractivity (Wildman–Crippen MR) is 147 cm³/mol. The van der Waals surface area contributed by atoms with E-state index in [1.54, 1.807) is 4.68 Å². The summed E-state index contributed by atoms with van der Waals surface area (Å²) in [6.07, 6.45) is 4.74. The van der Waals surface area contributed by atoms with E-state index in [4.69, 9.17) is 10.8 Å². The van der Waals surface area contributed by atoms with E-state index in [2.05, 4.69) is 26.0 Å². The van der Waals surface area contributed by atoms with Gasteiger partial charge in [0.25, 0.3) is 11.8 Å². The van der Waals surface area contributed by atoms with E-state index in [1.807, 2.05) is 59.2 Å². The topological polar surface area (TPSA) is 84.5 Å². The van der Waals surface area contributed by atoms with Gasteiger partial charge in [-0.15, -0.1) is 0 Å². The Labute approximate surface area is 220 Å². The Kier molecular flexibility index (Phi) is 8.77. The van der Waals surface area contributed by atoms with Crippen LogP contribution in [0.15, 0.2) is 54.6 Å². The molecule has 0 radical (unpaired) electrons. The number of aryl methyl sites for hydroxylation is 1. The van der Waals surface area contributed by atoms with E-state index in [-0.39, 0.29) is 17.9 Å². The average Bonchev–Trinajstić information content (AvgIpc) is 3.32. The highest BCUT2D eigenvalue weighted by molar-refractivity contribution is 5.98. The lowest BCUT2D eigenvalue weighted by molar-refractivity contribution is 0.0647. The summed E-state index contributed by atoms with van der Waals surface area (Å²) in [5, 5.41) is 4.71. The van der Waals surface area contributed by atoms with Gasteiger partial charge in [0.2, 0.25) is 0 Å². The molecule has 0 fully saturated rings. The van der Waals surface area contributed by atoms with Crippen molar-refractivity contribution in [3.63, 3.8) is 0 Å². The second-order valence-electron chi connectivity index (χ2n) is 9.89. The second-order valence-corrected chi connectivity index (χ2v) is 9.89. The van der Waals surface area contributed by atoms with Crippen molar-refractivity contribution in [3.8, 4) is 5.69 Å². The van der Waals surface area contributed by atoms with Crippen molar-refractivity contribution >= 4 is 11.8 Å². The molecule has 3 aromatic rings. The van der Waals surface area contributed by atoms with Gasteiger partial charge in [-0.1, -0.05) is 63.1 Å². The van der Waals surface area contributed by atoms with E-state index in [0.717, 1.165) is 56.5 Å². The zero-order valence-corrected chi connectivity index (χ0v) is 22.3. The Morgan fingerprint density at radius 2 is 1.65 bits per heavy atom. The molecule has 4 rings (SSSR count). The number of nitrogens with two attached hydrogens (primary N) is 1. The fourth-order valence-electron chi connectivity index (χ4n) is 5.03. The largest absolute Gasteiger partial charge is 0.337 e.